The van der Waals surface area contributed by atoms with Crippen LogP contribution < -0.4 is 10.5 Å². The zero-order valence-corrected chi connectivity index (χ0v) is 21.1. The molecule has 1 fully saturated rings. The van der Waals surface area contributed by atoms with Gasteiger partial charge in [0.2, 0.25) is 0 Å². The lowest BCUT2D eigenvalue weighted by molar-refractivity contribution is 0.0611. The molecule has 0 atom stereocenters. The molecule has 0 aliphatic heterocycles. The van der Waals surface area contributed by atoms with Crippen molar-refractivity contribution >= 4 is 38.9 Å². The normalized spacial score (nSPS) is 17.9. The number of aromatic nitrogens is 2. The van der Waals surface area contributed by atoms with Crippen LogP contribution in [0.2, 0.25) is 5.02 Å². The van der Waals surface area contributed by atoms with Crippen molar-refractivity contribution in [3.63, 3.8) is 0 Å². The predicted molar refractivity (Wildman–Crippen MR) is 141 cm³/mol. The second kappa shape index (κ2) is 10.3. The Kier molecular flexibility index (Phi) is 7.00. The summed E-state index contributed by atoms with van der Waals surface area (Å²) >= 11 is 8.17. The van der Waals surface area contributed by atoms with E-state index in [9.17, 15) is 4.79 Å². The Hall–Kier alpha value is -3.00. The molecular formula is C27H27ClN4O2S. The average molecular weight is 507 g/mol. The molecule has 2 aromatic carbocycles. The fraction of sp³-hybridized carbons (Fsp3) is 0.296. The Labute approximate surface area is 213 Å². The molecule has 5 rings (SSSR count). The molecule has 2 aromatic heterocycles. The second-order valence-electron chi connectivity index (χ2n) is 8.85. The molecular weight excluding hydrogens is 480 g/mol. The summed E-state index contributed by atoms with van der Waals surface area (Å²) in [6.07, 6.45) is 6.97. The molecule has 35 heavy (non-hydrogen) atoms. The van der Waals surface area contributed by atoms with Crippen LogP contribution >= 0.6 is 22.9 Å². The van der Waals surface area contributed by atoms with Gasteiger partial charge in [0.25, 0.3) is 5.91 Å². The zero-order valence-electron chi connectivity index (χ0n) is 19.5. The van der Waals surface area contributed by atoms with Gasteiger partial charge in [-0.25, -0.2) is 9.97 Å². The number of rotatable bonds is 6. The van der Waals surface area contributed by atoms with Gasteiger partial charge in [-0.1, -0.05) is 35.9 Å². The zero-order chi connectivity index (χ0) is 24.4. The average Bonchev–Trinajstić information content (AvgIpc) is 3.24. The van der Waals surface area contributed by atoms with Crippen LogP contribution in [0, 0.1) is 0 Å². The number of carbonyl (C=O) groups is 1. The minimum Gasteiger partial charge on any atom is -0.496 e. The van der Waals surface area contributed by atoms with E-state index < -0.39 is 0 Å². The molecule has 4 aromatic rings. The molecule has 2 heterocycles. The van der Waals surface area contributed by atoms with E-state index in [1.54, 1.807) is 25.6 Å². The van der Waals surface area contributed by atoms with Crippen molar-refractivity contribution in [3.8, 4) is 17.1 Å². The number of hydrogen-bond donors (Lipinski definition) is 1. The first-order valence-electron chi connectivity index (χ1n) is 11.7. The highest BCUT2D eigenvalue weighted by molar-refractivity contribution is 7.21. The number of carbonyl (C=O) groups excluding carboxylic acids is 1. The summed E-state index contributed by atoms with van der Waals surface area (Å²) in [6, 6.07) is 15.9. The number of methoxy groups -OCH3 is 1. The molecule has 8 heteroatoms. The third-order valence-corrected chi connectivity index (χ3v) is 8.26. The predicted octanol–water partition coefficient (Wildman–Crippen LogP) is 5.93. The molecule has 1 aliphatic carbocycles. The first-order valence-corrected chi connectivity index (χ1v) is 12.9. The summed E-state index contributed by atoms with van der Waals surface area (Å²) in [5.41, 5.74) is 7.95. The highest BCUT2D eigenvalue weighted by Crippen LogP contribution is 2.38. The Balaban J connectivity index is 1.52. The van der Waals surface area contributed by atoms with Gasteiger partial charge in [0.05, 0.1) is 17.7 Å². The van der Waals surface area contributed by atoms with Crippen LogP contribution in [0.5, 0.6) is 5.75 Å². The number of hydrogen-bond acceptors (Lipinski definition) is 6. The van der Waals surface area contributed by atoms with E-state index in [-0.39, 0.29) is 18.0 Å². The molecule has 0 radical (unpaired) electrons. The van der Waals surface area contributed by atoms with Crippen LogP contribution in [-0.4, -0.2) is 40.0 Å². The maximum absolute atomic E-state index is 14.0. The number of halogens is 1. The van der Waals surface area contributed by atoms with Gasteiger partial charge in [0, 0.05) is 41.1 Å². The van der Waals surface area contributed by atoms with Gasteiger partial charge < -0.3 is 15.4 Å². The van der Waals surface area contributed by atoms with E-state index in [2.05, 4.69) is 9.97 Å². The molecule has 0 unspecified atom stereocenters. The van der Waals surface area contributed by atoms with Gasteiger partial charge in [0.15, 0.2) is 5.82 Å². The largest absolute Gasteiger partial charge is 0.496 e. The van der Waals surface area contributed by atoms with Crippen LogP contribution in [0.25, 0.3) is 21.5 Å². The topological polar surface area (TPSA) is 81.3 Å². The van der Waals surface area contributed by atoms with E-state index in [0.717, 1.165) is 46.9 Å². The third-order valence-electron chi connectivity index (χ3n) is 6.60. The SMILES string of the molecule is COc1ccc(CN(C(=O)c2sc3ccccc3c2Cl)C2CCC(N)CC2)cc1-c1ncccn1. The third kappa shape index (κ3) is 4.89. The minimum atomic E-state index is -0.0370. The first-order chi connectivity index (χ1) is 17.0. The molecule has 2 N–H and O–H groups in total. The Morgan fingerprint density at radius 1 is 1.11 bits per heavy atom. The van der Waals surface area contributed by atoms with Gasteiger partial charge >= 0.3 is 0 Å². The molecule has 180 valence electrons. The highest BCUT2D eigenvalue weighted by atomic mass is 35.5. The van der Waals surface area contributed by atoms with Gasteiger partial charge in [-0.15, -0.1) is 11.3 Å². The summed E-state index contributed by atoms with van der Waals surface area (Å²) in [4.78, 5) is 25.3. The van der Waals surface area contributed by atoms with Crippen molar-refractivity contribution in [1.29, 1.82) is 0 Å². The lowest BCUT2D eigenvalue weighted by Crippen LogP contribution is -2.43. The van der Waals surface area contributed by atoms with Crippen LogP contribution in [0.15, 0.2) is 60.9 Å². The summed E-state index contributed by atoms with van der Waals surface area (Å²) < 4.78 is 6.58. The number of ether oxygens (including phenoxy) is 1. The maximum Gasteiger partial charge on any atom is 0.266 e. The molecule has 0 bridgehead atoms. The number of benzene rings is 2. The fourth-order valence-corrected chi connectivity index (χ4v) is 6.19. The van der Waals surface area contributed by atoms with Crippen LogP contribution in [0.3, 0.4) is 0 Å². The molecule has 1 amide bonds. The van der Waals surface area contributed by atoms with E-state index >= 15 is 0 Å². The Morgan fingerprint density at radius 3 is 2.57 bits per heavy atom. The molecule has 1 aliphatic rings. The smallest absolute Gasteiger partial charge is 0.266 e. The van der Waals surface area contributed by atoms with Crippen molar-refractivity contribution in [2.45, 2.75) is 44.3 Å². The number of nitrogens with zero attached hydrogens (tertiary/aromatic N) is 3. The lowest BCUT2D eigenvalue weighted by atomic mass is 9.90. The second-order valence-corrected chi connectivity index (χ2v) is 10.3. The molecule has 6 nitrogen and oxygen atoms in total. The molecule has 0 saturated heterocycles. The van der Waals surface area contributed by atoms with Gasteiger partial charge in [-0.2, -0.15) is 0 Å². The van der Waals surface area contributed by atoms with E-state index in [4.69, 9.17) is 22.1 Å². The number of fused-ring (bicyclic) bond motifs is 1. The number of nitrogens with two attached hydrogens (primary N) is 1. The van der Waals surface area contributed by atoms with Gasteiger partial charge in [-0.05, 0) is 55.5 Å². The van der Waals surface area contributed by atoms with Crippen molar-refractivity contribution < 1.29 is 9.53 Å². The monoisotopic (exact) mass is 506 g/mol. The Bertz CT molecular complexity index is 1340. The van der Waals surface area contributed by atoms with Crippen LogP contribution in [-0.2, 0) is 6.54 Å². The Morgan fingerprint density at radius 2 is 1.86 bits per heavy atom. The standard InChI is InChI=1S/C27H27ClN4O2S/c1-34-22-12-7-17(15-21(22)26-30-13-4-14-31-26)16-32(19-10-8-18(29)9-11-19)27(33)25-24(28)20-5-2-3-6-23(20)35-25/h2-7,12-15,18-19H,8-11,16,29H2,1H3. The summed E-state index contributed by atoms with van der Waals surface area (Å²) in [6.45, 7) is 0.452. The molecule has 1 saturated carbocycles. The van der Waals surface area contributed by atoms with E-state index in [1.807, 2.05) is 47.4 Å². The number of thiophene rings is 1. The van der Waals surface area contributed by atoms with Crippen molar-refractivity contribution in [2.24, 2.45) is 5.73 Å². The summed E-state index contributed by atoms with van der Waals surface area (Å²) in [5, 5.41) is 1.45. The first kappa shape index (κ1) is 23.7. The number of amides is 1. The quantitative estimate of drug-likeness (QED) is 0.350. The van der Waals surface area contributed by atoms with E-state index in [0.29, 0.717) is 28.0 Å². The lowest BCUT2D eigenvalue weighted by Gasteiger charge is -2.36. The van der Waals surface area contributed by atoms with Crippen LogP contribution in [0.1, 0.15) is 40.9 Å². The van der Waals surface area contributed by atoms with Crippen molar-refractivity contribution in [1.82, 2.24) is 14.9 Å². The summed E-state index contributed by atoms with van der Waals surface area (Å²) in [5.74, 6) is 1.24. The van der Waals surface area contributed by atoms with Crippen molar-refractivity contribution in [3.05, 3.63) is 76.4 Å². The maximum atomic E-state index is 14.0. The van der Waals surface area contributed by atoms with Gasteiger partial charge in [-0.3, -0.25) is 4.79 Å². The van der Waals surface area contributed by atoms with Gasteiger partial charge in [0.1, 0.15) is 10.6 Å². The minimum absolute atomic E-state index is 0.0370. The highest BCUT2D eigenvalue weighted by Gasteiger charge is 2.31. The summed E-state index contributed by atoms with van der Waals surface area (Å²) in [7, 11) is 1.63. The van der Waals surface area contributed by atoms with Crippen molar-refractivity contribution in [2.75, 3.05) is 7.11 Å². The van der Waals surface area contributed by atoms with E-state index in [1.165, 1.54) is 11.3 Å². The fourth-order valence-electron chi connectivity index (χ4n) is 4.73. The molecule has 0 spiro atoms. The van der Waals surface area contributed by atoms with Crippen LogP contribution in [0.4, 0.5) is 0 Å².